The predicted molar refractivity (Wildman–Crippen MR) is 108 cm³/mol. The summed E-state index contributed by atoms with van der Waals surface area (Å²) < 4.78 is 7.29. The van der Waals surface area contributed by atoms with Gasteiger partial charge in [0, 0.05) is 23.6 Å². The summed E-state index contributed by atoms with van der Waals surface area (Å²) in [5, 5.41) is 1.07. The molecular weight excluding hydrogens is 352 g/mol. The molecule has 1 atom stereocenters. The van der Waals surface area contributed by atoms with Gasteiger partial charge in [-0.25, -0.2) is 4.98 Å². The zero-order valence-electron chi connectivity index (χ0n) is 15.8. The van der Waals surface area contributed by atoms with Crippen LogP contribution in [0, 0.1) is 0 Å². The van der Waals surface area contributed by atoms with E-state index in [1.807, 2.05) is 64.2 Å². The molecule has 6 heteroatoms. The number of para-hydroxylation sites is 2. The Kier molecular flexibility index (Phi) is 4.04. The van der Waals surface area contributed by atoms with E-state index in [0.717, 1.165) is 52.9 Å². The van der Waals surface area contributed by atoms with E-state index in [2.05, 4.69) is 4.98 Å². The van der Waals surface area contributed by atoms with Crippen LogP contribution in [0.4, 0.5) is 0 Å². The number of amides is 1. The van der Waals surface area contributed by atoms with E-state index in [-0.39, 0.29) is 11.9 Å². The number of likely N-dealkylation sites (tertiary alicyclic amines) is 1. The molecule has 1 amide bonds. The molecule has 28 heavy (non-hydrogen) atoms. The lowest BCUT2D eigenvalue weighted by molar-refractivity contribution is -0.132. The SMILES string of the molecule is COc1ccc2c(ccn2CC(=O)N2CCC[C@H]2c2nc3ccccc3[nH]2)c1. The van der Waals surface area contributed by atoms with Crippen LogP contribution < -0.4 is 4.74 Å². The number of methoxy groups -OCH3 is 1. The first-order chi connectivity index (χ1) is 13.7. The first-order valence-corrected chi connectivity index (χ1v) is 9.60. The number of carbonyl (C=O) groups is 1. The van der Waals surface area contributed by atoms with E-state index in [1.54, 1.807) is 7.11 Å². The molecule has 6 nitrogen and oxygen atoms in total. The van der Waals surface area contributed by atoms with Crippen LogP contribution in [0.3, 0.4) is 0 Å². The Morgan fingerprint density at radius 3 is 3.00 bits per heavy atom. The Bertz CT molecular complexity index is 1130. The van der Waals surface area contributed by atoms with Crippen molar-refractivity contribution in [3.63, 3.8) is 0 Å². The van der Waals surface area contributed by atoms with E-state index >= 15 is 0 Å². The largest absolute Gasteiger partial charge is 0.497 e. The van der Waals surface area contributed by atoms with Gasteiger partial charge in [-0.1, -0.05) is 12.1 Å². The van der Waals surface area contributed by atoms with Gasteiger partial charge in [0.25, 0.3) is 0 Å². The molecule has 1 saturated heterocycles. The summed E-state index contributed by atoms with van der Waals surface area (Å²) in [5.74, 6) is 1.83. The van der Waals surface area contributed by atoms with E-state index in [1.165, 1.54) is 0 Å². The van der Waals surface area contributed by atoms with Crippen molar-refractivity contribution in [2.24, 2.45) is 0 Å². The van der Waals surface area contributed by atoms with Crippen molar-refractivity contribution in [1.29, 1.82) is 0 Å². The van der Waals surface area contributed by atoms with Gasteiger partial charge in [-0.2, -0.15) is 0 Å². The molecule has 0 bridgehead atoms. The van der Waals surface area contributed by atoms with Gasteiger partial charge in [-0.15, -0.1) is 0 Å². The summed E-state index contributed by atoms with van der Waals surface area (Å²) >= 11 is 0. The predicted octanol–water partition coefficient (Wildman–Crippen LogP) is 3.89. The second-order valence-corrected chi connectivity index (χ2v) is 7.25. The van der Waals surface area contributed by atoms with Crippen LogP contribution in [0.15, 0.2) is 54.7 Å². The van der Waals surface area contributed by atoms with Gasteiger partial charge in [0.05, 0.1) is 24.2 Å². The molecule has 0 spiro atoms. The molecule has 1 N–H and O–H groups in total. The zero-order chi connectivity index (χ0) is 19.1. The number of aromatic amines is 1. The number of benzene rings is 2. The second-order valence-electron chi connectivity index (χ2n) is 7.25. The molecule has 0 aliphatic carbocycles. The summed E-state index contributed by atoms with van der Waals surface area (Å²) in [7, 11) is 1.66. The van der Waals surface area contributed by atoms with Crippen molar-refractivity contribution >= 4 is 27.8 Å². The lowest BCUT2D eigenvalue weighted by Crippen LogP contribution is -2.33. The average molecular weight is 374 g/mol. The number of imidazole rings is 1. The Labute approximate surface area is 162 Å². The first kappa shape index (κ1) is 16.9. The van der Waals surface area contributed by atoms with Crippen LogP contribution >= 0.6 is 0 Å². The zero-order valence-corrected chi connectivity index (χ0v) is 15.8. The quantitative estimate of drug-likeness (QED) is 0.589. The number of carbonyl (C=O) groups excluding carboxylic acids is 1. The number of fused-ring (bicyclic) bond motifs is 2. The minimum Gasteiger partial charge on any atom is -0.497 e. The average Bonchev–Trinajstić information content (AvgIpc) is 3.45. The van der Waals surface area contributed by atoms with Crippen LogP contribution in [0.25, 0.3) is 21.9 Å². The molecule has 2 aromatic heterocycles. The van der Waals surface area contributed by atoms with Gasteiger partial charge < -0.3 is 19.2 Å². The van der Waals surface area contributed by atoms with Crippen molar-refractivity contribution in [2.75, 3.05) is 13.7 Å². The molecule has 142 valence electrons. The highest BCUT2D eigenvalue weighted by Gasteiger charge is 2.32. The van der Waals surface area contributed by atoms with Gasteiger partial charge >= 0.3 is 0 Å². The maximum Gasteiger partial charge on any atom is 0.243 e. The molecule has 0 radical (unpaired) electrons. The van der Waals surface area contributed by atoms with Gasteiger partial charge in [-0.3, -0.25) is 4.79 Å². The minimum absolute atomic E-state index is 0.0156. The molecule has 1 fully saturated rings. The van der Waals surface area contributed by atoms with Crippen molar-refractivity contribution in [3.05, 3.63) is 60.6 Å². The number of rotatable bonds is 4. The molecule has 1 aliphatic heterocycles. The highest BCUT2D eigenvalue weighted by atomic mass is 16.5. The van der Waals surface area contributed by atoms with Crippen molar-refractivity contribution in [1.82, 2.24) is 19.4 Å². The summed E-state index contributed by atoms with van der Waals surface area (Å²) in [6.45, 7) is 1.10. The molecule has 4 aromatic rings. The summed E-state index contributed by atoms with van der Waals surface area (Å²) in [4.78, 5) is 23.2. The Morgan fingerprint density at radius 2 is 2.14 bits per heavy atom. The highest BCUT2D eigenvalue weighted by Crippen LogP contribution is 2.32. The fraction of sp³-hybridized carbons (Fsp3) is 0.273. The lowest BCUT2D eigenvalue weighted by Gasteiger charge is -2.23. The maximum atomic E-state index is 13.1. The van der Waals surface area contributed by atoms with Gasteiger partial charge in [0.1, 0.15) is 18.1 Å². The lowest BCUT2D eigenvalue weighted by atomic mass is 10.2. The summed E-state index contributed by atoms with van der Waals surface area (Å²) in [6, 6.07) is 15.9. The molecule has 1 aliphatic rings. The van der Waals surface area contributed by atoms with Crippen molar-refractivity contribution < 1.29 is 9.53 Å². The van der Waals surface area contributed by atoms with Gasteiger partial charge in [-0.05, 0) is 49.2 Å². The second kappa shape index (κ2) is 6.71. The number of H-pyrrole nitrogens is 1. The number of nitrogens with zero attached hydrogens (tertiary/aromatic N) is 3. The van der Waals surface area contributed by atoms with Crippen LogP contribution in [0.2, 0.25) is 0 Å². The fourth-order valence-electron chi connectivity index (χ4n) is 4.16. The molecule has 5 rings (SSSR count). The molecule has 0 saturated carbocycles. The maximum absolute atomic E-state index is 13.1. The highest BCUT2D eigenvalue weighted by molar-refractivity contribution is 5.84. The van der Waals surface area contributed by atoms with Crippen LogP contribution in [-0.2, 0) is 11.3 Å². The summed E-state index contributed by atoms with van der Waals surface area (Å²) in [6.07, 6.45) is 3.90. The van der Waals surface area contributed by atoms with Crippen LogP contribution in [0.1, 0.15) is 24.7 Å². The topological polar surface area (TPSA) is 63.1 Å². The molecule has 3 heterocycles. The normalized spacial score (nSPS) is 16.9. The number of nitrogens with one attached hydrogen (secondary N) is 1. The standard InChI is InChI=1S/C22H22N4O2/c1-28-16-8-9-19-15(13-16)10-12-25(19)14-21(27)26-11-4-7-20(26)22-23-17-5-2-3-6-18(17)24-22/h2-3,5-6,8-10,12-13,20H,4,7,11,14H2,1H3,(H,23,24)/t20-/m0/s1. The Hall–Kier alpha value is -3.28. The van der Waals surface area contributed by atoms with E-state index in [9.17, 15) is 4.79 Å². The first-order valence-electron chi connectivity index (χ1n) is 9.60. The van der Waals surface area contributed by atoms with Crippen molar-refractivity contribution in [2.45, 2.75) is 25.4 Å². The monoisotopic (exact) mass is 374 g/mol. The number of hydrogen-bond acceptors (Lipinski definition) is 3. The number of hydrogen-bond donors (Lipinski definition) is 1. The fourth-order valence-corrected chi connectivity index (χ4v) is 4.16. The third kappa shape index (κ3) is 2.81. The van der Waals surface area contributed by atoms with Gasteiger partial charge in [0.2, 0.25) is 5.91 Å². The molecule has 0 unspecified atom stereocenters. The smallest absolute Gasteiger partial charge is 0.243 e. The van der Waals surface area contributed by atoms with Gasteiger partial charge in [0.15, 0.2) is 0 Å². The molecule has 2 aromatic carbocycles. The van der Waals surface area contributed by atoms with Crippen LogP contribution in [-0.4, -0.2) is 39.0 Å². The number of aromatic nitrogens is 3. The summed E-state index contributed by atoms with van der Waals surface area (Å²) in [5.41, 5.74) is 3.00. The number of ether oxygens (including phenoxy) is 1. The van der Waals surface area contributed by atoms with E-state index < -0.39 is 0 Å². The Morgan fingerprint density at radius 1 is 1.25 bits per heavy atom. The third-order valence-electron chi connectivity index (χ3n) is 5.58. The minimum atomic E-state index is 0.0156. The van der Waals surface area contributed by atoms with Crippen LogP contribution in [0.5, 0.6) is 5.75 Å². The van der Waals surface area contributed by atoms with Crippen molar-refractivity contribution in [3.8, 4) is 5.75 Å². The third-order valence-corrected chi connectivity index (χ3v) is 5.58. The van der Waals surface area contributed by atoms with E-state index in [4.69, 9.17) is 9.72 Å². The van der Waals surface area contributed by atoms with E-state index in [0.29, 0.717) is 6.54 Å². The molecular formula is C22H22N4O2. The Balaban J connectivity index is 1.40.